The number of aromatic nitrogens is 2. The minimum absolute atomic E-state index is 0.167. The first-order chi connectivity index (χ1) is 15.8. The minimum atomic E-state index is -0.736. The zero-order valence-electron chi connectivity index (χ0n) is 18.8. The van der Waals surface area contributed by atoms with Gasteiger partial charge in [0.25, 0.3) is 0 Å². The highest BCUT2D eigenvalue weighted by molar-refractivity contribution is 6.35. The molecular weight excluding hydrogens is 459 g/mol. The number of rotatable bonds is 8. The van der Waals surface area contributed by atoms with Crippen LogP contribution in [0.3, 0.4) is 0 Å². The van der Waals surface area contributed by atoms with Crippen molar-refractivity contribution in [1.82, 2.24) is 9.55 Å². The number of aliphatic hydroxyl groups excluding tert-OH is 1. The highest BCUT2D eigenvalue weighted by Gasteiger charge is 2.17. The molecule has 0 fully saturated rings. The predicted octanol–water partition coefficient (Wildman–Crippen LogP) is 6.29. The Balaban J connectivity index is 1.51. The van der Waals surface area contributed by atoms with Crippen molar-refractivity contribution < 1.29 is 14.6 Å². The number of nitrogens with zero attached hydrogens (tertiary/aromatic N) is 2. The summed E-state index contributed by atoms with van der Waals surface area (Å²) in [5, 5.41) is 11.8. The number of imidazole rings is 1. The Hall–Kier alpha value is -2.73. The van der Waals surface area contributed by atoms with Gasteiger partial charge in [-0.1, -0.05) is 53.0 Å². The van der Waals surface area contributed by atoms with E-state index in [1.807, 2.05) is 42.7 Å². The highest BCUT2D eigenvalue weighted by atomic mass is 35.5. The molecule has 1 heterocycles. The molecule has 33 heavy (non-hydrogen) atoms. The van der Waals surface area contributed by atoms with Crippen LogP contribution >= 0.6 is 23.2 Å². The van der Waals surface area contributed by atoms with Crippen molar-refractivity contribution in [2.24, 2.45) is 0 Å². The zero-order chi connectivity index (χ0) is 23.5. The number of benzene rings is 3. The van der Waals surface area contributed by atoms with Crippen LogP contribution in [0.15, 0.2) is 54.6 Å². The molecule has 4 aromatic rings. The van der Waals surface area contributed by atoms with Crippen molar-refractivity contribution in [3.05, 3.63) is 87.2 Å². The molecule has 172 valence electrons. The van der Waals surface area contributed by atoms with Crippen molar-refractivity contribution >= 4 is 34.2 Å². The molecule has 0 aliphatic rings. The van der Waals surface area contributed by atoms with E-state index in [9.17, 15) is 5.11 Å². The van der Waals surface area contributed by atoms with Crippen molar-refractivity contribution in [1.29, 1.82) is 0 Å². The van der Waals surface area contributed by atoms with Crippen LogP contribution < -0.4 is 9.47 Å². The molecule has 0 bridgehead atoms. The van der Waals surface area contributed by atoms with Crippen LogP contribution in [0.1, 0.15) is 22.5 Å². The maximum absolute atomic E-state index is 10.8. The summed E-state index contributed by atoms with van der Waals surface area (Å²) in [6.07, 6.45) is -0.736. The number of para-hydroxylation sites is 2. The van der Waals surface area contributed by atoms with Crippen LogP contribution in [0, 0.1) is 20.8 Å². The fourth-order valence-electron chi connectivity index (χ4n) is 4.01. The Kier molecular flexibility index (Phi) is 7.13. The third-order valence-electron chi connectivity index (χ3n) is 5.40. The van der Waals surface area contributed by atoms with Gasteiger partial charge in [-0.25, -0.2) is 4.98 Å². The standard InChI is InChI=1S/C26H26Cl2N2O3/c1-16-10-17(2)26(18(3)11-16)33-14-20(31)13-30-23-7-5-4-6-22(23)29-25(30)15-32-24-9-8-19(27)12-21(24)28/h4-12,20,31H,13-15H2,1-3H3. The Labute approximate surface area is 203 Å². The summed E-state index contributed by atoms with van der Waals surface area (Å²) in [4.78, 5) is 4.70. The van der Waals surface area contributed by atoms with E-state index in [1.165, 1.54) is 5.56 Å². The lowest BCUT2D eigenvalue weighted by Crippen LogP contribution is -2.25. The summed E-state index contributed by atoms with van der Waals surface area (Å²) in [6, 6.07) is 17.0. The number of ether oxygens (including phenoxy) is 2. The topological polar surface area (TPSA) is 56.5 Å². The molecule has 1 aromatic heterocycles. The fourth-order valence-corrected chi connectivity index (χ4v) is 4.47. The summed E-state index contributed by atoms with van der Waals surface area (Å²) in [7, 11) is 0. The molecule has 0 amide bonds. The van der Waals surface area contributed by atoms with Gasteiger partial charge in [-0.05, 0) is 62.2 Å². The smallest absolute Gasteiger partial charge is 0.148 e. The number of halogens is 2. The Morgan fingerprint density at radius 1 is 0.970 bits per heavy atom. The summed E-state index contributed by atoms with van der Waals surface area (Å²) in [5.74, 6) is 2.02. The van der Waals surface area contributed by atoms with Crippen LogP contribution in [-0.2, 0) is 13.2 Å². The third-order valence-corrected chi connectivity index (χ3v) is 5.93. The van der Waals surface area contributed by atoms with Crippen LogP contribution in [0.5, 0.6) is 11.5 Å². The molecule has 0 saturated heterocycles. The minimum Gasteiger partial charge on any atom is -0.490 e. The first-order valence-corrected chi connectivity index (χ1v) is 11.5. The van der Waals surface area contributed by atoms with E-state index in [-0.39, 0.29) is 13.2 Å². The average Bonchev–Trinajstić information content (AvgIpc) is 3.09. The van der Waals surface area contributed by atoms with Gasteiger partial charge >= 0.3 is 0 Å². The maximum atomic E-state index is 10.8. The van der Waals surface area contributed by atoms with Crippen LogP contribution in [0.25, 0.3) is 11.0 Å². The predicted molar refractivity (Wildman–Crippen MR) is 133 cm³/mol. The monoisotopic (exact) mass is 484 g/mol. The van der Waals surface area contributed by atoms with Gasteiger partial charge in [0.2, 0.25) is 0 Å². The fraction of sp³-hybridized carbons (Fsp3) is 0.269. The summed E-state index contributed by atoms with van der Waals surface area (Å²) >= 11 is 12.2. The van der Waals surface area contributed by atoms with Crippen LogP contribution in [-0.4, -0.2) is 27.4 Å². The molecule has 1 atom stereocenters. The molecule has 5 nitrogen and oxygen atoms in total. The first kappa shape index (κ1) is 23.4. The zero-order valence-corrected chi connectivity index (χ0v) is 20.3. The van der Waals surface area contributed by atoms with Crippen molar-refractivity contribution in [2.75, 3.05) is 6.61 Å². The second kappa shape index (κ2) is 10.0. The third kappa shape index (κ3) is 5.44. The van der Waals surface area contributed by atoms with E-state index in [0.29, 0.717) is 28.2 Å². The van der Waals surface area contributed by atoms with Crippen LogP contribution in [0.2, 0.25) is 10.0 Å². The van der Waals surface area contributed by atoms with Gasteiger partial charge in [-0.15, -0.1) is 0 Å². The normalized spacial score (nSPS) is 12.2. The lowest BCUT2D eigenvalue weighted by molar-refractivity contribution is 0.0911. The Morgan fingerprint density at radius 2 is 1.70 bits per heavy atom. The molecule has 0 spiro atoms. The summed E-state index contributed by atoms with van der Waals surface area (Å²) < 4.78 is 13.9. The largest absolute Gasteiger partial charge is 0.490 e. The molecular formula is C26H26Cl2N2O3. The lowest BCUT2D eigenvalue weighted by atomic mass is 10.1. The molecule has 3 aromatic carbocycles. The maximum Gasteiger partial charge on any atom is 0.148 e. The second-order valence-electron chi connectivity index (χ2n) is 8.18. The number of hydrogen-bond acceptors (Lipinski definition) is 4. The van der Waals surface area contributed by atoms with E-state index in [0.717, 1.165) is 27.9 Å². The molecule has 0 aliphatic heterocycles. The summed E-state index contributed by atoms with van der Waals surface area (Å²) in [6.45, 7) is 6.77. The van der Waals surface area contributed by atoms with Crippen LogP contribution in [0.4, 0.5) is 0 Å². The quantitative estimate of drug-likeness (QED) is 0.319. The summed E-state index contributed by atoms with van der Waals surface area (Å²) in [5.41, 5.74) is 5.05. The number of hydrogen-bond donors (Lipinski definition) is 1. The lowest BCUT2D eigenvalue weighted by Gasteiger charge is -2.18. The van der Waals surface area contributed by atoms with Crippen molar-refractivity contribution in [3.63, 3.8) is 0 Å². The molecule has 1 unspecified atom stereocenters. The van der Waals surface area contributed by atoms with E-state index in [4.69, 9.17) is 37.7 Å². The van der Waals surface area contributed by atoms with Gasteiger partial charge in [0, 0.05) is 5.02 Å². The van der Waals surface area contributed by atoms with E-state index in [2.05, 4.69) is 19.1 Å². The number of aliphatic hydroxyl groups is 1. The molecule has 1 N–H and O–H groups in total. The van der Waals surface area contributed by atoms with E-state index < -0.39 is 6.10 Å². The number of fused-ring (bicyclic) bond motifs is 1. The van der Waals surface area contributed by atoms with Crippen molar-refractivity contribution in [3.8, 4) is 11.5 Å². The molecule has 0 radical (unpaired) electrons. The first-order valence-electron chi connectivity index (χ1n) is 10.7. The highest BCUT2D eigenvalue weighted by Crippen LogP contribution is 2.29. The van der Waals surface area contributed by atoms with Gasteiger partial charge < -0.3 is 19.1 Å². The second-order valence-corrected chi connectivity index (χ2v) is 9.03. The number of aryl methyl sites for hydroxylation is 3. The molecule has 7 heteroatoms. The Bertz CT molecular complexity index is 1260. The molecule has 4 rings (SSSR count). The average molecular weight is 485 g/mol. The van der Waals surface area contributed by atoms with E-state index in [1.54, 1.807) is 18.2 Å². The van der Waals surface area contributed by atoms with Gasteiger partial charge in [0.1, 0.15) is 36.6 Å². The van der Waals surface area contributed by atoms with Crippen molar-refractivity contribution in [2.45, 2.75) is 40.0 Å². The van der Waals surface area contributed by atoms with Gasteiger partial charge in [0.05, 0.1) is 22.6 Å². The van der Waals surface area contributed by atoms with E-state index >= 15 is 0 Å². The van der Waals surface area contributed by atoms with Gasteiger partial charge in [-0.2, -0.15) is 0 Å². The molecule has 0 saturated carbocycles. The van der Waals surface area contributed by atoms with Gasteiger partial charge in [-0.3, -0.25) is 0 Å². The molecule has 0 aliphatic carbocycles. The Morgan fingerprint density at radius 3 is 2.42 bits per heavy atom. The SMILES string of the molecule is Cc1cc(C)c(OCC(O)Cn2c(COc3ccc(Cl)cc3Cl)nc3ccccc32)c(C)c1. The van der Waals surface area contributed by atoms with Gasteiger partial charge in [0.15, 0.2) is 0 Å².